The molecule has 0 saturated carbocycles. The van der Waals surface area contributed by atoms with Crippen molar-refractivity contribution in [2.75, 3.05) is 4.90 Å². The molecule has 2 heteroatoms. The summed E-state index contributed by atoms with van der Waals surface area (Å²) in [6.45, 7) is 6.74. The fourth-order valence-electron chi connectivity index (χ4n) is 12.0. The largest absolute Gasteiger partial charge is 0.310 e. The second-order valence-corrected chi connectivity index (χ2v) is 18.7. The molecule has 2 nitrogen and oxygen atoms in total. The number of benzene rings is 9. The lowest BCUT2D eigenvalue weighted by Crippen LogP contribution is -2.26. The maximum atomic E-state index is 4.70. The molecule has 1 heterocycles. The number of para-hydroxylation sites is 1. The van der Waals surface area contributed by atoms with Crippen LogP contribution in [0.5, 0.6) is 0 Å². The third-order valence-electron chi connectivity index (χ3n) is 15.0. The van der Waals surface area contributed by atoms with Crippen LogP contribution in [0.4, 0.5) is 17.1 Å². The van der Waals surface area contributed by atoms with Crippen LogP contribution in [-0.4, -0.2) is 4.57 Å². The fourth-order valence-corrected chi connectivity index (χ4v) is 12.0. The van der Waals surface area contributed by atoms with Crippen LogP contribution in [0.3, 0.4) is 0 Å². The molecular formula is C68H50N2. The average molecular weight is 895 g/mol. The maximum Gasteiger partial charge on any atom is 0.0727 e. The molecule has 1 spiro atoms. The second kappa shape index (κ2) is 16.8. The van der Waals surface area contributed by atoms with Crippen LogP contribution in [0.1, 0.15) is 52.6 Å². The molecule has 1 unspecified atom stereocenters. The number of aromatic nitrogens is 1. The smallest absolute Gasteiger partial charge is 0.0727 e. The van der Waals surface area contributed by atoms with Crippen molar-refractivity contribution >= 4 is 44.3 Å². The number of nitrogens with zero attached hydrogens (tertiary/aromatic N) is 2. The standard InChI is InChI=1S/C68H50N2/c1-3-4-7-21-46(2)66-59-31-16-19-34-65(59)70(67(66)50-25-10-6-11-26-50)53-41-43-58-57-42-40-52(44-62(57)68(63(58)45-53)60-32-17-14-29-55(60)56-30-15-18-33-61(56)68)69(64-35-20-27-49-24-12-13-28-54(49)64)51-38-36-48(37-39-51)47-22-8-5-9-23-47/h3-22,24-45,47H,2,23H2,1H3/b4-3-,21-7-. The molecule has 1 atom stereocenters. The minimum Gasteiger partial charge on any atom is -0.310 e. The number of allylic oxidation sites excluding steroid dienone is 9. The zero-order valence-corrected chi connectivity index (χ0v) is 39.1. The first-order valence-corrected chi connectivity index (χ1v) is 24.5. The van der Waals surface area contributed by atoms with Gasteiger partial charge < -0.3 is 9.47 Å². The van der Waals surface area contributed by atoms with Crippen LogP contribution in [0.25, 0.3) is 66.4 Å². The average Bonchev–Trinajstić information content (AvgIpc) is 4.04. The summed E-state index contributed by atoms with van der Waals surface area (Å²) >= 11 is 0. The van der Waals surface area contributed by atoms with E-state index in [4.69, 9.17) is 6.58 Å². The van der Waals surface area contributed by atoms with Gasteiger partial charge in [-0.15, -0.1) is 0 Å². The highest BCUT2D eigenvalue weighted by Gasteiger charge is 2.52. The Kier molecular flexibility index (Phi) is 9.95. The van der Waals surface area contributed by atoms with Crippen LogP contribution < -0.4 is 4.90 Å². The Morgan fingerprint density at radius 3 is 1.97 bits per heavy atom. The molecule has 9 aromatic carbocycles. The van der Waals surface area contributed by atoms with Gasteiger partial charge >= 0.3 is 0 Å². The Morgan fingerprint density at radius 2 is 1.21 bits per heavy atom. The normalized spacial score (nSPS) is 15.0. The van der Waals surface area contributed by atoms with Gasteiger partial charge in [-0.1, -0.05) is 213 Å². The van der Waals surface area contributed by atoms with E-state index in [1.807, 2.05) is 6.92 Å². The summed E-state index contributed by atoms with van der Waals surface area (Å²) in [5, 5.41) is 3.59. The fraction of sp³-hybridized carbons (Fsp3) is 0.0588. The van der Waals surface area contributed by atoms with Gasteiger partial charge in [-0.3, -0.25) is 0 Å². The van der Waals surface area contributed by atoms with E-state index in [2.05, 4.69) is 264 Å². The molecule has 0 saturated heterocycles. The zero-order valence-electron chi connectivity index (χ0n) is 39.1. The number of rotatable bonds is 9. The van der Waals surface area contributed by atoms with E-state index in [0.29, 0.717) is 5.92 Å². The molecule has 332 valence electrons. The highest BCUT2D eigenvalue weighted by atomic mass is 15.1. The Hall–Kier alpha value is -8.72. The quantitative estimate of drug-likeness (QED) is 0.131. The second-order valence-electron chi connectivity index (χ2n) is 18.7. The summed E-state index contributed by atoms with van der Waals surface area (Å²) in [5.41, 5.74) is 21.0. The summed E-state index contributed by atoms with van der Waals surface area (Å²) in [6, 6.07) is 77.1. The van der Waals surface area contributed by atoms with Gasteiger partial charge in [0.05, 0.1) is 22.3 Å². The Labute approximate surface area is 410 Å². The van der Waals surface area contributed by atoms with Gasteiger partial charge in [0.1, 0.15) is 0 Å². The first-order chi connectivity index (χ1) is 34.6. The van der Waals surface area contributed by atoms with Crippen molar-refractivity contribution < 1.29 is 0 Å². The van der Waals surface area contributed by atoms with Gasteiger partial charge in [-0.05, 0) is 128 Å². The molecule has 0 bridgehead atoms. The predicted molar refractivity (Wildman–Crippen MR) is 296 cm³/mol. The predicted octanol–water partition coefficient (Wildman–Crippen LogP) is 18.0. The molecule has 3 aliphatic carbocycles. The molecule has 70 heavy (non-hydrogen) atoms. The summed E-state index contributed by atoms with van der Waals surface area (Å²) in [4.78, 5) is 2.48. The number of hydrogen-bond donors (Lipinski definition) is 0. The minimum atomic E-state index is -0.601. The Bertz CT molecular complexity index is 3790. The summed E-state index contributed by atoms with van der Waals surface area (Å²) in [6.07, 6.45) is 18.3. The van der Waals surface area contributed by atoms with Gasteiger partial charge in [-0.2, -0.15) is 0 Å². The minimum absolute atomic E-state index is 0.370. The highest BCUT2D eigenvalue weighted by Crippen LogP contribution is 2.64. The number of hydrogen-bond acceptors (Lipinski definition) is 1. The molecule has 13 rings (SSSR count). The van der Waals surface area contributed by atoms with Crippen LogP contribution in [-0.2, 0) is 5.41 Å². The van der Waals surface area contributed by atoms with E-state index < -0.39 is 5.41 Å². The van der Waals surface area contributed by atoms with E-state index in [0.717, 1.165) is 57.1 Å². The van der Waals surface area contributed by atoms with E-state index in [1.54, 1.807) is 0 Å². The third-order valence-corrected chi connectivity index (χ3v) is 15.0. The Morgan fingerprint density at radius 1 is 0.571 bits per heavy atom. The highest BCUT2D eigenvalue weighted by molar-refractivity contribution is 6.05. The number of anilines is 3. The van der Waals surface area contributed by atoms with E-state index in [1.165, 1.54) is 66.2 Å². The van der Waals surface area contributed by atoms with Gasteiger partial charge in [0, 0.05) is 39.3 Å². The van der Waals surface area contributed by atoms with E-state index >= 15 is 0 Å². The van der Waals surface area contributed by atoms with Crippen molar-refractivity contribution in [2.45, 2.75) is 24.7 Å². The van der Waals surface area contributed by atoms with Crippen molar-refractivity contribution in [3.63, 3.8) is 0 Å². The first kappa shape index (κ1) is 41.5. The number of fused-ring (bicyclic) bond motifs is 12. The summed E-state index contributed by atoms with van der Waals surface area (Å²) in [5.74, 6) is 0.370. The summed E-state index contributed by atoms with van der Waals surface area (Å²) < 4.78 is 2.48. The van der Waals surface area contributed by atoms with Gasteiger partial charge in [-0.25, -0.2) is 0 Å². The molecule has 10 aromatic rings. The lowest BCUT2D eigenvalue weighted by molar-refractivity contribution is 0.792. The lowest BCUT2D eigenvalue weighted by atomic mass is 9.70. The van der Waals surface area contributed by atoms with E-state index in [-0.39, 0.29) is 0 Å². The zero-order chi connectivity index (χ0) is 46.8. The molecule has 0 amide bonds. The van der Waals surface area contributed by atoms with Crippen LogP contribution in [0.15, 0.2) is 261 Å². The molecule has 0 aliphatic heterocycles. The molecule has 0 fully saturated rings. The van der Waals surface area contributed by atoms with Crippen LogP contribution >= 0.6 is 0 Å². The van der Waals surface area contributed by atoms with Crippen molar-refractivity contribution in [3.8, 4) is 39.2 Å². The molecule has 1 aromatic heterocycles. The van der Waals surface area contributed by atoms with Crippen molar-refractivity contribution in [1.29, 1.82) is 0 Å². The third kappa shape index (κ3) is 6.33. The van der Waals surface area contributed by atoms with Gasteiger partial charge in [0.15, 0.2) is 0 Å². The van der Waals surface area contributed by atoms with Crippen molar-refractivity contribution in [3.05, 3.63) is 295 Å². The topological polar surface area (TPSA) is 8.17 Å². The van der Waals surface area contributed by atoms with Crippen molar-refractivity contribution in [1.82, 2.24) is 4.57 Å². The van der Waals surface area contributed by atoms with Gasteiger partial charge in [0.2, 0.25) is 0 Å². The monoisotopic (exact) mass is 894 g/mol. The van der Waals surface area contributed by atoms with Gasteiger partial charge in [0.25, 0.3) is 0 Å². The first-order valence-electron chi connectivity index (χ1n) is 24.5. The molecule has 3 aliphatic rings. The molecular weight excluding hydrogens is 845 g/mol. The van der Waals surface area contributed by atoms with Crippen LogP contribution in [0.2, 0.25) is 0 Å². The SMILES string of the molecule is C=C(/C=C\C=C/C)c1c(-c2ccccc2)n(-c2ccc3c(c2)C2(c4ccccc4-c4ccccc42)c2cc(N(c4ccc(C5C=CC=CC5)cc4)c4cccc5ccccc45)ccc2-3)c2ccccc12. The van der Waals surface area contributed by atoms with E-state index in [9.17, 15) is 0 Å². The lowest BCUT2D eigenvalue weighted by Gasteiger charge is -2.33. The maximum absolute atomic E-state index is 4.70. The van der Waals surface area contributed by atoms with Crippen LogP contribution in [0, 0.1) is 0 Å². The summed E-state index contributed by atoms with van der Waals surface area (Å²) in [7, 11) is 0. The van der Waals surface area contributed by atoms with Crippen molar-refractivity contribution in [2.24, 2.45) is 0 Å². The molecule has 0 N–H and O–H groups in total. The molecule has 0 radical (unpaired) electrons. The Balaban J connectivity index is 1.07.